The summed E-state index contributed by atoms with van der Waals surface area (Å²) >= 11 is 0. The third kappa shape index (κ3) is 5.72. The highest BCUT2D eigenvalue weighted by molar-refractivity contribution is 4.77. The minimum Gasteiger partial charge on any atom is -0.324 e. The van der Waals surface area contributed by atoms with E-state index in [0.717, 1.165) is 38.5 Å². The Kier molecular flexibility index (Phi) is 6.79. The van der Waals surface area contributed by atoms with Gasteiger partial charge >= 0.3 is 0 Å². The van der Waals surface area contributed by atoms with Gasteiger partial charge in [-0.05, 0) is 38.5 Å². The van der Waals surface area contributed by atoms with Crippen LogP contribution in [-0.2, 0) is 14.2 Å². The van der Waals surface area contributed by atoms with Crippen molar-refractivity contribution < 1.29 is 14.2 Å². The second kappa shape index (κ2) is 8.82. The summed E-state index contributed by atoms with van der Waals surface area (Å²) in [6.07, 6.45) is 19.1. The van der Waals surface area contributed by atoms with E-state index >= 15 is 0 Å². The Morgan fingerprint density at radius 1 is 0.478 bits per heavy atom. The number of ether oxygens (including phenoxy) is 3. The first-order valence-corrected chi connectivity index (χ1v) is 10.1. The maximum Gasteiger partial charge on any atom is 0.283 e. The topological polar surface area (TPSA) is 27.7 Å². The Morgan fingerprint density at radius 3 is 1.00 bits per heavy atom. The van der Waals surface area contributed by atoms with E-state index in [1.165, 1.54) is 57.8 Å². The molecule has 0 amide bonds. The molecular formula is C20H35O3. The molecule has 0 N–H and O–H groups in total. The Labute approximate surface area is 142 Å². The van der Waals surface area contributed by atoms with Gasteiger partial charge in [-0.25, -0.2) is 0 Å². The van der Waals surface area contributed by atoms with E-state index in [9.17, 15) is 0 Å². The first kappa shape index (κ1) is 17.7. The van der Waals surface area contributed by atoms with Gasteiger partial charge in [-0.3, -0.25) is 0 Å². The van der Waals surface area contributed by atoms with Crippen molar-refractivity contribution in [3.8, 4) is 0 Å². The van der Waals surface area contributed by atoms with Crippen LogP contribution in [0.2, 0.25) is 0 Å². The fraction of sp³-hybridized carbons (Fsp3) is 0.950. The molecule has 3 rings (SSSR count). The average Bonchev–Trinajstić information content (AvgIpc) is 2.57. The average molecular weight is 323 g/mol. The molecule has 3 heteroatoms. The van der Waals surface area contributed by atoms with Gasteiger partial charge in [0.05, 0.1) is 18.3 Å². The van der Waals surface area contributed by atoms with Crippen molar-refractivity contribution >= 4 is 0 Å². The molecule has 0 atom stereocenters. The van der Waals surface area contributed by atoms with Gasteiger partial charge in [0.15, 0.2) is 0 Å². The lowest BCUT2D eigenvalue weighted by Gasteiger charge is -2.40. The normalized spacial score (nSPS) is 26.5. The molecule has 23 heavy (non-hydrogen) atoms. The summed E-state index contributed by atoms with van der Waals surface area (Å²) in [4.78, 5) is 0. The number of hydrogen-bond donors (Lipinski definition) is 0. The van der Waals surface area contributed by atoms with E-state index < -0.39 is 5.97 Å². The van der Waals surface area contributed by atoms with Crippen LogP contribution in [0.3, 0.4) is 0 Å². The molecule has 133 valence electrons. The zero-order valence-corrected chi connectivity index (χ0v) is 14.8. The summed E-state index contributed by atoms with van der Waals surface area (Å²) in [5.74, 6) is -1.08. The highest BCUT2D eigenvalue weighted by Crippen LogP contribution is 2.33. The highest BCUT2D eigenvalue weighted by atomic mass is 16.9. The van der Waals surface area contributed by atoms with Gasteiger partial charge in [-0.1, -0.05) is 57.8 Å². The molecule has 3 aliphatic rings. The summed E-state index contributed by atoms with van der Waals surface area (Å²) in [5.41, 5.74) is 0. The molecule has 0 heterocycles. The minimum atomic E-state index is -1.08. The van der Waals surface area contributed by atoms with Gasteiger partial charge in [0, 0.05) is 6.92 Å². The van der Waals surface area contributed by atoms with Crippen molar-refractivity contribution in [2.75, 3.05) is 0 Å². The molecule has 0 spiro atoms. The lowest BCUT2D eigenvalue weighted by molar-refractivity contribution is -0.397. The van der Waals surface area contributed by atoms with E-state index in [-0.39, 0.29) is 18.3 Å². The fourth-order valence-corrected chi connectivity index (χ4v) is 4.39. The Balaban J connectivity index is 1.59. The van der Waals surface area contributed by atoms with Crippen molar-refractivity contribution in [2.45, 2.75) is 121 Å². The van der Waals surface area contributed by atoms with E-state index in [2.05, 4.69) is 6.92 Å². The third-order valence-electron chi connectivity index (χ3n) is 5.70. The first-order valence-electron chi connectivity index (χ1n) is 10.1. The largest absolute Gasteiger partial charge is 0.324 e. The van der Waals surface area contributed by atoms with Crippen LogP contribution in [0.5, 0.6) is 0 Å². The molecule has 0 unspecified atom stereocenters. The standard InChI is InChI=1S/C20H35O3/c1-20(21-17-11-5-2-6-12-17,22-18-13-7-3-8-14-18)23-19-15-9-4-10-16-19/h17-19H,1-16H2. The van der Waals surface area contributed by atoms with Crippen LogP contribution in [0, 0.1) is 6.92 Å². The number of rotatable bonds is 6. The Morgan fingerprint density at radius 2 is 0.739 bits per heavy atom. The maximum absolute atomic E-state index is 6.33. The fourth-order valence-electron chi connectivity index (χ4n) is 4.39. The summed E-state index contributed by atoms with van der Waals surface area (Å²) in [6, 6.07) is 0. The van der Waals surface area contributed by atoms with Gasteiger partial charge < -0.3 is 14.2 Å². The molecule has 0 aromatic rings. The van der Waals surface area contributed by atoms with Crippen LogP contribution in [0.4, 0.5) is 0 Å². The third-order valence-corrected chi connectivity index (χ3v) is 5.70. The lowest BCUT2D eigenvalue weighted by atomic mass is 9.97. The zero-order valence-electron chi connectivity index (χ0n) is 14.8. The molecule has 3 aliphatic carbocycles. The van der Waals surface area contributed by atoms with Crippen molar-refractivity contribution in [3.05, 3.63) is 6.92 Å². The predicted octanol–water partition coefficient (Wildman–Crippen LogP) is 5.52. The lowest BCUT2D eigenvalue weighted by Crippen LogP contribution is -2.46. The van der Waals surface area contributed by atoms with Gasteiger partial charge in [-0.15, -0.1) is 0 Å². The maximum atomic E-state index is 6.33. The second-order valence-corrected chi connectivity index (χ2v) is 7.82. The minimum absolute atomic E-state index is 0.258. The van der Waals surface area contributed by atoms with Crippen LogP contribution < -0.4 is 0 Å². The van der Waals surface area contributed by atoms with Gasteiger partial charge in [0.25, 0.3) is 5.97 Å². The molecule has 0 aliphatic heterocycles. The van der Waals surface area contributed by atoms with Crippen molar-refractivity contribution in [3.63, 3.8) is 0 Å². The molecule has 0 saturated heterocycles. The number of hydrogen-bond acceptors (Lipinski definition) is 3. The molecular weight excluding hydrogens is 288 g/mol. The summed E-state index contributed by atoms with van der Waals surface area (Å²) < 4.78 is 19.0. The molecule has 1 radical (unpaired) electrons. The van der Waals surface area contributed by atoms with Crippen molar-refractivity contribution in [2.24, 2.45) is 0 Å². The quantitative estimate of drug-likeness (QED) is 0.602. The second-order valence-electron chi connectivity index (χ2n) is 7.82. The van der Waals surface area contributed by atoms with Crippen LogP contribution in [0.1, 0.15) is 96.3 Å². The van der Waals surface area contributed by atoms with Crippen LogP contribution in [-0.4, -0.2) is 24.3 Å². The van der Waals surface area contributed by atoms with E-state index in [1.807, 2.05) is 0 Å². The van der Waals surface area contributed by atoms with E-state index in [0.29, 0.717) is 0 Å². The summed E-state index contributed by atoms with van der Waals surface area (Å²) in [6.45, 7) is 4.29. The van der Waals surface area contributed by atoms with Crippen molar-refractivity contribution in [1.82, 2.24) is 0 Å². The molecule has 0 aromatic heterocycles. The molecule has 0 bridgehead atoms. The van der Waals surface area contributed by atoms with Crippen LogP contribution in [0.15, 0.2) is 0 Å². The summed E-state index contributed by atoms with van der Waals surface area (Å²) in [7, 11) is 0. The van der Waals surface area contributed by atoms with Crippen molar-refractivity contribution in [1.29, 1.82) is 0 Å². The van der Waals surface area contributed by atoms with Crippen LogP contribution in [0.25, 0.3) is 0 Å². The highest BCUT2D eigenvalue weighted by Gasteiger charge is 2.37. The van der Waals surface area contributed by atoms with Crippen LogP contribution >= 0.6 is 0 Å². The summed E-state index contributed by atoms with van der Waals surface area (Å²) in [5, 5.41) is 0. The zero-order chi connectivity index (χ0) is 16.0. The molecule has 3 nitrogen and oxygen atoms in total. The Hall–Kier alpha value is -0.120. The van der Waals surface area contributed by atoms with Gasteiger partial charge in [0.1, 0.15) is 0 Å². The molecule has 3 saturated carbocycles. The predicted molar refractivity (Wildman–Crippen MR) is 92.0 cm³/mol. The first-order chi connectivity index (χ1) is 11.2. The van der Waals surface area contributed by atoms with E-state index in [4.69, 9.17) is 14.2 Å². The Bertz CT molecular complexity index is 275. The van der Waals surface area contributed by atoms with E-state index in [1.54, 1.807) is 0 Å². The molecule has 0 aromatic carbocycles. The van der Waals surface area contributed by atoms with Gasteiger partial charge in [-0.2, -0.15) is 0 Å². The smallest absolute Gasteiger partial charge is 0.283 e. The monoisotopic (exact) mass is 323 g/mol. The van der Waals surface area contributed by atoms with Gasteiger partial charge in [0.2, 0.25) is 0 Å². The SMILES string of the molecule is [CH2]C(OC1CCCCC1)(OC1CCCCC1)OC1CCCCC1. The molecule has 3 fully saturated rings.